The first kappa shape index (κ1) is 12.2. The zero-order chi connectivity index (χ0) is 12.3. The quantitative estimate of drug-likeness (QED) is 0.905. The molecule has 0 bridgehead atoms. The normalized spacial score (nSPS) is 12.9. The number of aliphatic hydroxyl groups excluding tert-OH is 1. The summed E-state index contributed by atoms with van der Waals surface area (Å²) >= 11 is 1.12. The van der Waals surface area contributed by atoms with Gasteiger partial charge in [0.2, 0.25) is 0 Å². The SMILES string of the molecule is CC(C)Cc1cccc(C(O)c2cnsn2)c1. The van der Waals surface area contributed by atoms with Gasteiger partial charge in [-0.1, -0.05) is 38.1 Å². The summed E-state index contributed by atoms with van der Waals surface area (Å²) in [6.45, 7) is 4.38. The second-order valence-electron chi connectivity index (χ2n) is 4.58. The van der Waals surface area contributed by atoms with Gasteiger partial charge in [-0.05, 0) is 23.5 Å². The highest BCUT2D eigenvalue weighted by Gasteiger charge is 2.13. The molecule has 0 saturated heterocycles. The fourth-order valence-corrected chi connectivity index (χ4v) is 2.27. The monoisotopic (exact) mass is 248 g/mol. The molecule has 17 heavy (non-hydrogen) atoms. The Morgan fingerprint density at radius 1 is 1.35 bits per heavy atom. The van der Waals surface area contributed by atoms with E-state index in [2.05, 4.69) is 28.7 Å². The number of hydrogen-bond donors (Lipinski definition) is 1. The lowest BCUT2D eigenvalue weighted by Gasteiger charge is -2.11. The van der Waals surface area contributed by atoms with Gasteiger partial charge in [-0.15, -0.1) is 0 Å². The lowest BCUT2D eigenvalue weighted by atomic mass is 9.98. The number of rotatable bonds is 4. The molecule has 1 N–H and O–H groups in total. The summed E-state index contributed by atoms with van der Waals surface area (Å²) in [5.41, 5.74) is 2.76. The average molecular weight is 248 g/mol. The van der Waals surface area contributed by atoms with Gasteiger partial charge >= 0.3 is 0 Å². The Kier molecular flexibility index (Phi) is 3.86. The van der Waals surface area contributed by atoms with E-state index in [0.717, 1.165) is 23.7 Å². The van der Waals surface area contributed by atoms with Gasteiger partial charge in [0.1, 0.15) is 11.8 Å². The molecule has 0 radical (unpaired) electrons. The molecule has 1 unspecified atom stereocenters. The molecule has 0 aliphatic heterocycles. The number of hydrogen-bond acceptors (Lipinski definition) is 4. The third-order valence-corrected chi connectivity index (χ3v) is 3.06. The Morgan fingerprint density at radius 3 is 2.82 bits per heavy atom. The molecule has 1 aromatic heterocycles. The Labute approximate surface area is 105 Å². The first-order valence-corrected chi connectivity index (χ1v) is 6.44. The minimum atomic E-state index is -0.666. The molecule has 2 aromatic rings. The minimum absolute atomic E-state index is 0.614. The van der Waals surface area contributed by atoms with Gasteiger partial charge in [0.15, 0.2) is 0 Å². The van der Waals surface area contributed by atoms with E-state index >= 15 is 0 Å². The summed E-state index contributed by atoms with van der Waals surface area (Å²) in [5, 5.41) is 10.1. The first-order valence-electron chi connectivity index (χ1n) is 5.71. The van der Waals surface area contributed by atoms with E-state index in [1.54, 1.807) is 6.20 Å². The Morgan fingerprint density at radius 2 is 2.18 bits per heavy atom. The van der Waals surface area contributed by atoms with Crippen LogP contribution in [0.5, 0.6) is 0 Å². The highest BCUT2D eigenvalue weighted by atomic mass is 32.1. The largest absolute Gasteiger partial charge is 0.382 e. The fourth-order valence-electron chi connectivity index (χ4n) is 1.82. The first-order chi connectivity index (χ1) is 8.16. The van der Waals surface area contributed by atoms with Gasteiger partial charge in [0, 0.05) is 0 Å². The maximum Gasteiger partial charge on any atom is 0.124 e. The summed E-state index contributed by atoms with van der Waals surface area (Å²) in [4.78, 5) is 0. The zero-order valence-electron chi connectivity index (χ0n) is 10.00. The standard InChI is InChI=1S/C13H16N2OS/c1-9(2)6-10-4-3-5-11(7-10)13(16)12-8-14-17-15-12/h3-5,7-9,13,16H,6H2,1-2H3. The van der Waals surface area contributed by atoms with Crippen LogP contribution in [0.15, 0.2) is 30.5 Å². The second kappa shape index (κ2) is 5.38. The summed E-state index contributed by atoms with van der Waals surface area (Å²) < 4.78 is 7.97. The van der Waals surface area contributed by atoms with Crippen molar-refractivity contribution in [2.45, 2.75) is 26.4 Å². The summed E-state index contributed by atoms with van der Waals surface area (Å²) in [6.07, 6.45) is 1.97. The van der Waals surface area contributed by atoms with Crippen LogP contribution in [0.4, 0.5) is 0 Å². The van der Waals surface area contributed by atoms with E-state index in [1.807, 2.05) is 18.2 Å². The van der Waals surface area contributed by atoms with Crippen molar-refractivity contribution in [1.82, 2.24) is 8.75 Å². The molecule has 0 amide bonds. The van der Waals surface area contributed by atoms with Crippen molar-refractivity contribution in [2.75, 3.05) is 0 Å². The summed E-state index contributed by atoms with van der Waals surface area (Å²) in [5.74, 6) is 0.614. The van der Waals surface area contributed by atoms with Gasteiger partial charge in [0.25, 0.3) is 0 Å². The lowest BCUT2D eigenvalue weighted by molar-refractivity contribution is 0.216. The average Bonchev–Trinajstić information content (AvgIpc) is 2.81. The smallest absolute Gasteiger partial charge is 0.124 e. The number of benzene rings is 1. The van der Waals surface area contributed by atoms with Crippen molar-refractivity contribution in [1.29, 1.82) is 0 Å². The molecule has 1 aromatic carbocycles. The number of aliphatic hydroxyl groups is 1. The van der Waals surface area contributed by atoms with Gasteiger partial charge in [-0.3, -0.25) is 0 Å². The topological polar surface area (TPSA) is 46.0 Å². The summed E-state index contributed by atoms with van der Waals surface area (Å²) in [6, 6.07) is 8.05. The molecule has 0 saturated carbocycles. The van der Waals surface area contributed by atoms with Crippen LogP contribution in [0.1, 0.15) is 36.8 Å². The van der Waals surface area contributed by atoms with Crippen LogP contribution in [0.3, 0.4) is 0 Å². The van der Waals surface area contributed by atoms with Crippen molar-refractivity contribution in [3.8, 4) is 0 Å². The highest BCUT2D eigenvalue weighted by Crippen LogP contribution is 2.22. The maximum atomic E-state index is 10.1. The Hall–Kier alpha value is -1.26. The van der Waals surface area contributed by atoms with Crippen LogP contribution in [-0.4, -0.2) is 13.9 Å². The van der Waals surface area contributed by atoms with E-state index in [1.165, 1.54) is 5.56 Å². The predicted molar refractivity (Wildman–Crippen MR) is 69.0 cm³/mol. The van der Waals surface area contributed by atoms with Crippen molar-refractivity contribution >= 4 is 11.7 Å². The molecule has 0 aliphatic carbocycles. The van der Waals surface area contributed by atoms with Crippen LogP contribution in [0.2, 0.25) is 0 Å². The molecule has 3 nitrogen and oxygen atoms in total. The van der Waals surface area contributed by atoms with Crippen LogP contribution in [0, 0.1) is 5.92 Å². The van der Waals surface area contributed by atoms with Crippen LogP contribution in [0.25, 0.3) is 0 Å². The molecule has 4 heteroatoms. The fraction of sp³-hybridized carbons (Fsp3) is 0.385. The highest BCUT2D eigenvalue weighted by molar-refractivity contribution is 6.99. The van der Waals surface area contributed by atoms with Crippen molar-refractivity contribution < 1.29 is 5.11 Å². The molecule has 1 heterocycles. The maximum absolute atomic E-state index is 10.1. The Bertz CT molecular complexity index is 468. The van der Waals surface area contributed by atoms with E-state index in [4.69, 9.17) is 0 Å². The van der Waals surface area contributed by atoms with Gasteiger partial charge < -0.3 is 5.11 Å². The molecule has 0 fully saturated rings. The van der Waals surface area contributed by atoms with E-state index in [-0.39, 0.29) is 0 Å². The van der Waals surface area contributed by atoms with Gasteiger partial charge in [-0.25, -0.2) is 0 Å². The molecule has 0 spiro atoms. The molecular weight excluding hydrogens is 232 g/mol. The third kappa shape index (κ3) is 3.11. The lowest BCUT2D eigenvalue weighted by Crippen LogP contribution is -2.01. The summed E-state index contributed by atoms with van der Waals surface area (Å²) in [7, 11) is 0. The molecule has 2 rings (SSSR count). The van der Waals surface area contributed by atoms with Crippen molar-refractivity contribution in [3.63, 3.8) is 0 Å². The Balaban J connectivity index is 2.21. The van der Waals surface area contributed by atoms with Crippen LogP contribution < -0.4 is 0 Å². The van der Waals surface area contributed by atoms with E-state index in [9.17, 15) is 5.11 Å². The van der Waals surface area contributed by atoms with Crippen LogP contribution in [-0.2, 0) is 6.42 Å². The molecule has 1 atom stereocenters. The van der Waals surface area contributed by atoms with Gasteiger partial charge in [-0.2, -0.15) is 8.75 Å². The predicted octanol–water partition coefficient (Wildman–Crippen LogP) is 2.82. The molecule has 90 valence electrons. The number of aromatic nitrogens is 2. The van der Waals surface area contributed by atoms with Crippen LogP contribution >= 0.6 is 11.7 Å². The molecule has 0 aliphatic rings. The third-order valence-electron chi connectivity index (χ3n) is 2.57. The van der Waals surface area contributed by atoms with E-state index < -0.39 is 6.10 Å². The van der Waals surface area contributed by atoms with Crippen molar-refractivity contribution in [3.05, 3.63) is 47.3 Å². The van der Waals surface area contributed by atoms with Crippen molar-refractivity contribution in [2.24, 2.45) is 5.92 Å². The van der Waals surface area contributed by atoms with E-state index in [0.29, 0.717) is 11.6 Å². The minimum Gasteiger partial charge on any atom is -0.382 e. The zero-order valence-corrected chi connectivity index (χ0v) is 10.8. The second-order valence-corrected chi connectivity index (χ2v) is 5.13. The van der Waals surface area contributed by atoms with Gasteiger partial charge in [0.05, 0.1) is 17.9 Å². The number of nitrogens with zero attached hydrogens (tertiary/aromatic N) is 2. The molecular formula is C13H16N2OS.